The Kier molecular flexibility index (Phi) is 6.83. The van der Waals surface area contributed by atoms with Crippen LogP contribution in [-0.2, 0) is 12.8 Å². The number of amides is 1. The number of nitrogens with zero attached hydrogens (tertiary/aromatic N) is 3. The number of aromatic nitrogens is 2. The molecular formula is C20H23ClN4O2S. The SMILES string of the molecule is CN(C)C(CNC(=O)c1ccc(CSc2nccn2C)o1)c1ccccc1Cl. The van der Waals surface area contributed by atoms with Gasteiger partial charge in [-0.3, -0.25) is 4.79 Å². The molecule has 8 heteroatoms. The summed E-state index contributed by atoms with van der Waals surface area (Å²) < 4.78 is 7.64. The van der Waals surface area contributed by atoms with Crippen LogP contribution in [0.15, 0.2) is 58.4 Å². The van der Waals surface area contributed by atoms with E-state index in [-0.39, 0.29) is 11.9 Å². The minimum atomic E-state index is -0.243. The predicted octanol–water partition coefficient (Wildman–Crippen LogP) is 3.99. The zero-order valence-corrected chi connectivity index (χ0v) is 17.6. The van der Waals surface area contributed by atoms with Gasteiger partial charge in [-0.1, -0.05) is 41.6 Å². The number of carbonyl (C=O) groups is 1. The van der Waals surface area contributed by atoms with Gasteiger partial charge in [0.15, 0.2) is 10.9 Å². The van der Waals surface area contributed by atoms with Crippen molar-refractivity contribution in [2.75, 3.05) is 20.6 Å². The highest BCUT2D eigenvalue weighted by atomic mass is 35.5. The molecule has 0 saturated heterocycles. The van der Waals surface area contributed by atoms with E-state index in [0.29, 0.717) is 23.1 Å². The number of carbonyl (C=O) groups excluding carboxylic acids is 1. The summed E-state index contributed by atoms with van der Waals surface area (Å²) in [7, 11) is 5.86. The first kappa shape index (κ1) is 20.5. The lowest BCUT2D eigenvalue weighted by atomic mass is 10.1. The van der Waals surface area contributed by atoms with Gasteiger partial charge in [0.1, 0.15) is 5.76 Å². The Bertz CT molecular complexity index is 938. The van der Waals surface area contributed by atoms with Crippen molar-refractivity contribution < 1.29 is 9.21 Å². The third-order valence-corrected chi connectivity index (χ3v) is 5.77. The molecule has 1 atom stereocenters. The molecule has 0 bridgehead atoms. The number of thioether (sulfide) groups is 1. The minimum Gasteiger partial charge on any atom is -0.455 e. The number of furan rings is 1. The van der Waals surface area contributed by atoms with E-state index in [1.807, 2.05) is 67.1 Å². The van der Waals surface area contributed by atoms with Gasteiger partial charge in [-0.15, -0.1) is 0 Å². The van der Waals surface area contributed by atoms with Gasteiger partial charge in [-0.2, -0.15) is 0 Å². The van der Waals surface area contributed by atoms with Gasteiger partial charge in [0, 0.05) is 31.0 Å². The zero-order chi connectivity index (χ0) is 20.1. The summed E-state index contributed by atoms with van der Waals surface area (Å²) >= 11 is 7.88. The Labute approximate surface area is 173 Å². The van der Waals surface area contributed by atoms with Crippen LogP contribution in [0.25, 0.3) is 0 Å². The summed E-state index contributed by atoms with van der Waals surface area (Å²) in [5.74, 6) is 1.39. The predicted molar refractivity (Wildman–Crippen MR) is 112 cm³/mol. The van der Waals surface area contributed by atoms with Crippen molar-refractivity contribution in [1.29, 1.82) is 0 Å². The number of hydrogen-bond acceptors (Lipinski definition) is 5. The smallest absolute Gasteiger partial charge is 0.287 e. The molecule has 0 radical (unpaired) electrons. The van der Waals surface area contributed by atoms with E-state index < -0.39 is 0 Å². The van der Waals surface area contributed by atoms with Crippen molar-refractivity contribution in [2.45, 2.75) is 17.0 Å². The molecule has 1 amide bonds. The maximum atomic E-state index is 12.5. The average molecular weight is 419 g/mol. The molecule has 1 N–H and O–H groups in total. The summed E-state index contributed by atoms with van der Waals surface area (Å²) in [5.41, 5.74) is 0.973. The molecule has 2 aromatic heterocycles. The van der Waals surface area contributed by atoms with Crippen LogP contribution in [0.2, 0.25) is 5.02 Å². The maximum Gasteiger partial charge on any atom is 0.287 e. The van der Waals surface area contributed by atoms with Crippen LogP contribution >= 0.6 is 23.4 Å². The lowest BCUT2D eigenvalue weighted by Crippen LogP contribution is -2.34. The largest absolute Gasteiger partial charge is 0.455 e. The first-order chi connectivity index (χ1) is 13.5. The zero-order valence-electron chi connectivity index (χ0n) is 16.1. The summed E-state index contributed by atoms with van der Waals surface area (Å²) in [6, 6.07) is 11.1. The van der Waals surface area contributed by atoms with Crippen LogP contribution in [-0.4, -0.2) is 41.0 Å². The van der Waals surface area contributed by atoms with E-state index >= 15 is 0 Å². The molecule has 1 aromatic carbocycles. The summed E-state index contributed by atoms with van der Waals surface area (Å²) in [5, 5.41) is 4.52. The first-order valence-corrected chi connectivity index (χ1v) is 10.2. The second-order valence-corrected chi connectivity index (χ2v) is 7.94. The van der Waals surface area contributed by atoms with Crippen molar-refractivity contribution in [1.82, 2.24) is 19.8 Å². The lowest BCUT2D eigenvalue weighted by Gasteiger charge is -2.25. The standard InChI is InChI=1S/C20H23ClN4O2S/c1-24(2)17(15-6-4-5-7-16(15)21)12-23-19(26)18-9-8-14(27-18)13-28-20-22-10-11-25(20)3/h4-11,17H,12-13H2,1-3H3,(H,23,26). The Hall–Kier alpha value is -2.22. The number of aryl methyl sites for hydroxylation is 1. The summed E-state index contributed by atoms with van der Waals surface area (Å²) in [4.78, 5) is 18.8. The van der Waals surface area contributed by atoms with Gasteiger partial charge >= 0.3 is 0 Å². The molecule has 0 saturated carbocycles. The Balaban J connectivity index is 1.59. The van der Waals surface area contributed by atoms with E-state index in [0.717, 1.165) is 16.5 Å². The number of hydrogen-bond donors (Lipinski definition) is 1. The maximum absolute atomic E-state index is 12.5. The number of benzene rings is 1. The molecule has 0 aliphatic carbocycles. The van der Waals surface area contributed by atoms with E-state index in [1.165, 1.54) is 0 Å². The molecule has 1 unspecified atom stereocenters. The molecule has 0 fully saturated rings. The molecule has 6 nitrogen and oxygen atoms in total. The monoisotopic (exact) mass is 418 g/mol. The van der Waals surface area contributed by atoms with Gasteiger partial charge in [-0.25, -0.2) is 4.98 Å². The van der Waals surface area contributed by atoms with Crippen molar-refractivity contribution >= 4 is 29.3 Å². The number of likely N-dealkylation sites (N-methyl/N-ethyl adjacent to an activating group) is 1. The fraction of sp³-hybridized carbons (Fsp3) is 0.300. The van der Waals surface area contributed by atoms with Gasteiger partial charge < -0.3 is 19.2 Å². The quantitative estimate of drug-likeness (QED) is 0.560. The van der Waals surface area contributed by atoms with E-state index in [2.05, 4.69) is 10.3 Å². The number of halogens is 1. The first-order valence-electron chi connectivity index (χ1n) is 8.83. The van der Waals surface area contributed by atoms with Gasteiger partial charge in [0.2, 0.25) is 0 Å². The van der Waals surface area contributed by atoms with Crippen LogP contribution in [0, 0.1) is 0 Å². The number of nitrogens with one attached hydrogen (secondary N) is 1. The number of imidazole rings is 1. The third kappa shape index (κ3) is 4.98. The average Bonchev–Trinajstić information content (AvgIpc) is 3.30. The topological polar surface area (TPSA) is 63.3 Å². The van der Waals surface area contributed by atoms with Crippen LogP contribution in [0.5, 0.6) is 0 Å². The van der Waals surface area contributed by atoms with Gasteiger partial charge in [0.25, 0.3) is 5.91 Å². The molecule has 3 aromatic rings. The van der Waals surface area contributed by atoms with Gasteiger partial charge in [-0.05, 0) is 37.9 Å². The van der Waals surface area contributed by atoms with Gasteiger partial charge in [0.05, 0.1) is 11.8 Å². The second kappa shape index (κ2) is 9.32. The molecule has 0 aliphatic heterocycles. The van der Waals surface area contributed by atoms with Crippen LogP contribution < -0.4 is 5.32 Å². The molecular weight excluding hydrogens is 396 g/mol. The Morgan fingerprint density at radius 2 is 2.11 bits per heavy atom. The van der Waals surface area contributed by atoms with E-state index in [9.17, 15) is 4.79 Å². The molecule has 2 heterocycles. The van der Waals surface area contributed by atoms with E-state index in [4.69, 9.17) is 16.0 Å². The highest BCUT2D eigenvalue weighted by molar-refractivity contribution is 7.98. The van der Waals surface area contributed by atoms with Crippen LogP contribution in [0.1, 0.15) is 27.9 Å². The van der Waals surface area contributed by atoms with Crippen molar-refractivity contribution in [2.24, 2.45) is 7.05 Å². The second-order valence-electron chi connectivity index (χ2n) is 6.59. The summed E-state index contributed by atoms with van der Waals surface area (Å²) in [6.45, 7) is 0.424. The lowest BCUT2D eigenvalue weighted by molar-refractivity contribution is 0.0912. The van der Waals surface area contributed by atoms with Crippen LogP contribution in [0.4, 0.5) is 0 Å². The number of rotatable bonds is 8. The molecule has 0 aliphatic rings. The van der Waals surface area contributed by atoms with Crippen molar-refractivity contribution in [3.8, 4) is 0 Å². The normalized spacial score (nSPS) is 12.3. The minimum absolute atomic E-state index is 0.0361. The van der Waals surface area contributed by atoms with Crippen molar-refractivity contribution in [3.63, 3.8) is 0 Å². The molecule has 0 spiro atoms. The van der Waals surface area contributed by atoms with E-state index in [1.54, 1.807) is 24.0 Å². The third-order valence-electron chi connectivity index (χ3n) is 4.35. The van der Waals surface area contributed by atoms with Crippen LogP contribution in [0.3, 0.4) is 0 Å². The Morgan fingerprint density at radius 1 is 1.32 bits per heavy atom. The summed E-state index contributed by atoms with van der Waals surface area (Å²) in [6.07, 6.45) is 3.65. The molecule has 28 heavy (non-hydrogen) atoms. The molecule has 148 valence electrons. The fourth-order valence-corrected chi connectivity index (χ4v) is 3.88. The Morgan fingerprint density at radius 3 is 2.79 bits per heavy atom. The highest BCUT2D eigenvalue weighted by Crippen LogP contribution is 2.26. The van der Waals surface area contributed by atoms with Crippen molar-refractivity contribution in [3.05, 3.63) is 70.9 Å². The molecule has 3 rings (SSSR count). The highest BCUT2D eigenvalue weighted by Gasteiger charge is 2.19. The fourth-order valence-electron chi connectivity index (χ4n) is 2.80.